The summed E-state index contributed by atoms with van der Waals surface area (Å²) in [7, 11) is 0. The number of nitrogens with zero attached hydrogens (tertiary/aromatic N) is 2. The minimum absolute atomic E-state index is 0.332. The molecular formula is C8H14N2. The van der Waals surface area contributed by atoms with E-state index < -0.39 is 0 Å². The quantitative estimate of drug-likeness (QED) is 0.481. The second-order valence-corrected chi connectivity index (χ2v) is 3.50. The fourth-order valence-corrected chi connectivity index (χ4v) is 2.07. The zero-order chi connectivity index (χ0) is 6.86. The summed E-state index contributed by atoms with van der Waals surface area (Å²) in [6, 6.07) is 0. The van der Waals surface area contributed by atoms with Crippen LogP contribution in [0.2, 0.25) is 0 Å². The van der Waals surface area contributed by atoms with Gasteiger partial charge in [0.15, 0.2) is 0 Å². The smallest absolute Gasteiger partial charge is 0.0556 e. The maximum absolute atomic E-state index is 4.35. The normalized spacial score (nSPS) is 31.2. The molecule has 0 atom stereocenters. The molecule has 0 amide bonds. The molecule has 2 heteroatoms. The van der Waals surface area contributed by atoms with E-state index in [-0.39, 0.29) is 0 Å². The topological polar surface area (TPSA) is 28.2 Å². The van der Waals surface area contributed by atoms with Gasteiger partial charge in [-0.1, -0.05) is 19.3 Å². The van der Waals surface area contributed by atoms with Crippen molar-refractivity contribution in [2.24, 2.45) is 0 Å². The third kappa shape index (κ3) is 1.06. The minimum atomic E-state index is 0.332. The summed E-state index contributed by atoms with van der Waals surface area (Å²) in [6.45, 7) is 0.986. The Hall–Kier alpha value is -0.0800. The number of rotatable bonds is 0. The van der Waals surface area contributed by atoms with Gasteiger partial charge in [-0.25, -0.2) is 0 Å². The lowest BCUT2D eigenvalue weighted by Gasteiger charge is -2.30. The van der Waals surface area contributed by atoms with Gasteiger partial charge in [0.1, 0.15) is 0 Å². The van der Waals surface area contributed by atoms with Gasteiger partial charge in [0.2, 0.25) is 0 Å². The lowest BCUT2D eigenvalue weighted by atomic mass is 9.81. The first-order valence-electron chi connectivity index (χ1n) is 4.30. The second-order valence-electron chi connectivity index (χ2n) is 3.50. The molecule has 2 nitrogen and oxygen atoms in total. The maximum atomic E-state index is 4.35. The molecular weight excluding hydrogens is 124 g/mol. The van der Waals surface area contributed by atoms with Gasteiger partial charge in [0.05, 0.1) is 5.54 Å². The Balaban J connectivity index is 1.98. The SMILES string of the molecule is C1CCC2(CC1)CC[N][N]2. The van der Waals surface area contributed by atoms with E-state index >= 15 is 0 Å². The zero-order valence-corrected chi connectivity index (χ0v) is 6.34. The molecule has 1 aliphatic carbocycles. The van der Waals surface area contributed by atoms with Crippen LogP contribution in [0, 0.1) is 0 Å². The fraction of sp³-hybridized carbons (Fsp3) is 1.00. The summed E-state index contributed by atoms with van der Waals surface area (Å²) in [6.07, 6.45) is 8.00. The van der Waals surface area contributed by atoms with E-state index in [1.165, 1.54) is 38.5 Å². The Morgan fingerprint density at radius 2 is 1.70 bits per heavy atom. The predicted octanol–water partition coefficient (Wildman–Crippen LogP) is 1.22. The van der Waals surface area contributed by atoms with Gasteiger partial charge in [-0.2, -0.15) is 0 Å². The molecule has 2 fully saturated rings. The molecule has 1 spiro atoms. The van der Waals surface area contributed by atoms with Gasteiger partial charge in [-0.3, -0.25) is 0 Å². The van der Waals surface area contributed by atoms with E-state index in [9.17, 15) is 0 Å². The third-order valence-corrected chi connectivity index (χ3v) is 2.74. The predicted molar refractivity (Wildman–Crippen MR) is 39.6 cm³/mol. The largest absolute Gasteiger partial charge is 0.144 e. The van der Waals surface area contributed by atoms with E-state index in [1.54, 1.807) is 0 Å². The number of hydrogen-bond acceptors (Lipinski definition) is 0. The zero-order valence-electron chi connectivity index (χ0n) is 6.34. The molecule has 0 aromatic heterocycles. The summed E-state index contributed by atoms with van der Waals surface area (Å²) < 4.78 is 0. The van der Waals surface area contributed by atoms with Crippen molar-refractivity contribution in [3.05, 3.63) is 0 Å². The molecule has 1 heterocycles. The van der Waals surface area contributed by atoms with Gasteiger partial charge in [-0.15, -0.1) is 10.9 Å². The Labute approximate surface area is 62.4 Å². The Morgan fingerprint density at radius 3 is 2.30 bits per heavy atom. The highest BCUT2D eigenvalue weighted by atomic mass is 15.4. The molecule has 56 valence electrons. The average Bonchev–Trinajstić information content (AvgIpc) is 2.39. The highest BCUT2D eigenvalue weighted by Gasteiger charge is 2.36. The third-order valence-electron chi connectivity index (χ3n) is 2.74. The highest BCUT2D eigenvalue weighted by Crippen LogP contribution is 2.33. The van der Waals surface area contributed by atoms with E-state index in [1.807, 2.05) is 0 Å². The van der Waals surface area contributed by atoms with Crippen LogP contribution in [0.1, 0.15) is 38.5 Å². The van der Waals surface area contributed by atoms with Crippen molar-refractivity contribution < 1.29 is 0 Å². The molecule has 2 rings (SSSR count). The van der Waals surface area contributed by atoms with Crippen LogP contribution in [-0.2, 0) is 0 Å². The van der Waals surface area contributed by atoms with Gasteiger partial charge >= 0.3 is 0 Å². The van der Waals surface area contributed by atoms with E-state index in [4.69, 9.17) is 0 Å². The lowest BCUT2D eigenvalue weighted by Crippen LogP contribution is -2.37. The van der Waals surface area contributed by atoms with Crippen LogP contribution in [0.3, 0.4) is 0 Å². The van der Waals surface area contributed by atoms with E-state index in [0.717, 1.165) is 6.54 Å². The van der Waals surface area contributed by atoms with Gasteiger partial charge in [0.25, 0.3) is 0 Å². The summed E-state index contributed by atoms with van der Waals surface area (Å²) in [5.41, 5.74) is 8.77. The summed E-state index contributed by atoms with van der Waals surface area (Å²) in [5.74, 6) is 0. The van der Waals surface area contributed by atoms with Gasteiger partial charge < -0.3 is 0 Å². The molecule has 0 aromatic rings. The van der Waals surface area contributed by atoms with Crippen molar-refractivity contribution in [1.29, 1.82) is 0 Å². The molecule has 1 saturated carbocycles. The molecule has 2 radical (unpaired) electrons. The first kappa shape index (κ1) is 6.62. The molecule has 1 aliphatic heterocycles. The van der Waals surface area contributed by atoms with Gasteiger partial charge in [-0.05, 0) is 19.3 Å². The fourth-order valence-electron chi connectivity index (χ4n) is 2.07. The number of hydrogen-bond donors (Lipinski definition) is 0. The van der Waals surface area contributed by atoms with Crippen molar-refractivity contribution in [3.63, 3.8) is 0 Å². The lowest BCUT2D eigenvalue weighted by molar-refractivity contribution is 0.246. The summed E-state index contributed by atoms with van der Waals surface area (Å²) in [4.78, 5) is 0. The molecule has 0 unspecified atom stereocenters. The highest BCUT2D eigenvalue weighted by molar-refractivity contribution is 4.92. The standard InChI is InChI=1S/C8H14N2/c1-2-4-8(5-3-1)6-7-9-10-8/h1-7H2. The van der Waals surface area contributed by atoms with Crippen molar-refractivity contribution in [3.8, 4) is 0 Å². The monoisotopic (exact) mass is 138 g/mol. The van der Waals surface area contributed by atoms with Crippen molar-refractivity contribution >= 4 is 0 Å². The van der Waals surface area contributed by atoms with Crippen LogP contribution >= 0.6 is 0 Å². The molecule has 2 aliphatic rings. The maximum Gasteiger partial charge on any atom is 0.0556 e. The van der Waals surface area contributed by atoms with Crippen molar-refractivity contribution in [2.75, 3.05) is 6.54 Å². The van der Waals surface area contributed by atoms with Crippen LogP contribution in [0.4, 0.5) is 0 Å². The van der Waals surface area contributed by atoms with Crippen molar-refractivity contribution in [1.82, 2.24) is 10.9 Å². The van der Waals surface area contributed by atoms with Crippen LogP contribution < -0.4 is 10.9 Å². The van der Waals surface area contributed by atoms with Crippen molar-refractivity contribution in [2.45, 2.75) is 44.1 Å². The van der Waals surface area contributed by atoms with Crippen LogP contribution in [0.25, 0.3) is 0 Å². The van der Waals surface area contributed by atoms with E-state index in [0.29, 0.717) is 5.54 Å². The molecule has 10 heavy (non-hydrogen) atoms. The van der Waals surface area contributed by atoms with Crippen LogP contribution in [-0.4, -0.2) is 12.1 Å². The molecule has 0 N–H and O–H groups in total. The first-order valence-corrected chi connectivity index (χ1v) is 4.30. The average molecular weight is 138 g/mol. The molecule has 0 aromatic carbocycles. The summed E-state index contributed by atoms with van der Waals surface area (Å²) in [5, 5.41) is 0. The Kier molecular flexibility index (Phi) is 1.66. The van der Waals surface area contributed by atoms with E-state index in [2.05, 4.69) is 10.9 Å². The minimum Gasteiger partial charge on any atom is -0.144 e. The summed E-state index contributed by atoms with van der Waals surface area (Å²) >= 11 is 0. The Morgan fingerprint density at radius 1 is 0.900 bits per heavy atom. The molecule has 1 saturated heterocycles. The van der Waals surface area contributed by atoms with Crippen LogP contribution in [0.5, 0.6) is 0 Å². The van der Waals surface area contributed by atoms with Crippen LogP contribution in [0.15, 0.2) is 0 Å². The second kappa shape index (κ2) is 2.51. The Bertz CT molecular complexity index is 108. The van der Waals surface area contributed by atoms with Gasteiger partial charge in [0, 0.05) is 6.54 Å². The first-order chi connectivity index (χ1) is 4.91. The molecule has 0 bridgehead atoms.